The van der Waals surface area contributed by atoms with Crippen molar-refractivity contribution in [3.8, 4) is 5.75 Å². The minimum Gasteiger partial charge on any atom is -0.497 e. The molecule has 4 aliphatic heterocycles. The highest BCUT2D eigenvalue weighted by molar-refractivity contribution is 5.94. The predicted octanol–water partition coefficient (Wildman–Crippen LogP) is 5.04. The van der Waals surface area contributed by atoms with Crippen molar-refractivity contribution in [1.82, 2.24) is 20.4 Å². The second-order valence-corrected chi connectivity index (χ2v) is 21.6. The summed E-state index contributed by atoms with van der Waals surface area (Å²) in [5.41, 5.74) is -3.61. The van der Waals surface area contributed by atoms with Crippen LogP contribution in [-0.2, 0) is 47.4 Å². The van der Waals surface area contributed by atoms with Crippen LogP contribution in [0, 0.1) is 17.8 Å². The molecular formula is C52H86N4O16. The molecule has 4 fully saturated rings. The number of ether oxygens (including phenoxy) is 10. The number of amides is 2. The van der Waals surface area contributed by atoms with Crippen molar-refractivity contribution in [1.29, 1.82) is 0 Å². The van der Waals surface area contributed by atoms with E-state index in [1.54, 1.807) is 66.0 Å². The average molecular weight is 1020 g/mol. The molecule has 0 spiro atoms. The third-order valence-corrected chi connectivity index (χ3v) is 15.4. The molecule has 0 saturated carbocycles. The van der Waals surface area contributed by atoms with Gasteiger partial charge in [0.2, 0.25) is 0 Å². The van der Waals surface area contributed by atoms with Crippen molar-refractivity contribution in [3.63, 3.8) is 0 Å². The number of cyclic esters (lactones) is 1. The highest BCUT2D eigenvalue weighted by Gasteiger charge is 2.58. The normalized spacial score (nSPS) is 39.3. The molecule has 4 saturated heterocycles. The number of benzene rings is 1. The molecule has 0 bridgehead atoms. The zero-order chi connectivity index (χ0) is 53.5. The summed E-state index contributed by atoms with van der Waals surface area (Å²) in [4.78, 5) is 57.4. The van der Waals surface area contributed by atoms with Gasteiger partial charge >= 0.3 is 18.2 Å². The fraction of sp³-hybridized carbons (Fsp3) is 0.808. The van der Waals surface area contributed by atoms with E-state index in [4.69, 9.17) is 47.4 Å². The number of carbonyl (C=O) groups is 4. The maximum Gasteiger partial charge on any atom is 0.509 e. The van der Waals surface area contributed by atoms with E-state index in [1.807, 2.05) is 65.6 Å². The van der Waals surface area contributed by atoms with Crippen molar-refractivity contribution in [2.24, 2.45) is 17.8 Å². The Labute approximate surface area is 426 Å². The summed E-state index contributed by atoms with van der Waals surface area (Å²) in [6.45, 7) is 19.3. The Kier molecular flexibility index (Phi) is 20.6. The van der Waals surface area contributed by atoms with Crippen LogP contribution in [0.4, 0.5) is 9.59 Å². The first-order chi connectivity index (χ1) is 33.8. The van der Waals surface area contributed by atoms with Gasteiger partial charge < -0.3 is 73.1 Å². The van der Waals surface area contributed by atoms with E-state index in [0.717, 1.165) is 0 Å². The molecule has 5 rings (SSSR count). The molecule has 2 amide bonds. The highest BCUT2D eigenvalue weighted by atomic mass is 16.8. The van der Waals surface area contributed by atoms with Gasteiger partial charge in [0, 0.05) is 56.7 Å². The molecule has 0 aromatic heterocycles. The first-order valence-electron chi connectivity index (χ1n) is 25.7. The smallest absolute Gasteiger partial charge is 0.497 e. The number of methoxy groups -OCH3 is 2. The molecular weight excluding hydrogens is 937 g/mol. The van der Waals surface area contributed by atoms with Crippen LogP contribution in [0.15, 0.2) is 24.3 Å². The Hall–Kier alpha value is -3.86. The number of hydrogen-bond donors (Lipinski definition) is 4. The first kappa shape index (κ1) is 59.0. The van der Waals surface area contributed by atoms with Crippen molar-refractivity contribution in [3.05, 3.63) is 29.8 Å². The number of nitrogens with one attached hydrogen (secondary N) is 2. The van der Waals surface area contributed by atoms with Gasteiger partial charge in [0.05, 0.1) is 43.0 Å². The minimum atomic E-state index is -1.62. The summed E-state index contributed by atoms with van der Waals surface area (Å²) in [6, 6.07) is 6.11. The summed E-state index contributed by atoms with van der Waals surface area (Å²) in [6.07, 6.45) is -8.49. The van der Waals surface area contributed by atoms with E-state index in [0.29, 0.717) is 43.7 Å². The second kappa shape index (κ2) is 25.1. The van der Waals surface area contributed by atoms with Gasteiger partial charge in [-0.15, -0.1) is 0 Å². The Morgan fingerprint density at radius 3 is 2.17 bits per heavy atom. The van der Waals surface area contributed by atoms with Crippen molar-refractivity contribution in [2.75, 3.05) is 55.0 Å². The van der Waals surface area contributed by atoms with Crippen LogP contribution in [0.25, 0.3) is 0 Å². The molecule has 410 valence electrons. The van der Waals surface area contributed by atoms with Crippen LogP contribution in [0.3, 0.4) is 0 Å². The Morgan fingerprint density at radius 1 is 0.903 bits per heavy atom. The standard InChI is InChI=1S/C52H86N4O16/c1-16-38-52(10)43(71-49(61)72-52)33(6)56(13)28-29(2)26-50(8,62)42(69-47-40(57)37(55(11)12)25-30(3)65-47)31(4)41(32(5)46(59)67-38)68-39-27-51(9,64-15)44(34(7)66-39)70-48(60)54-24-18-17-23-53-45(58)35-19-21-36(63-14)22-20-35/h19-22,29-34,37-44,47,57,62H,16-18,23-28H2,1-15H3,(H,53,58)(H,54,60)/t29-,30-,31+,32-,33-,34+,37+,38-,39+,40-,41+,42-,43-,44+,47+,50-,51-,52-/m1/s1. The molecule has 0 aliphatic carbocycles. The van der Waals surface area contributed by atoms with E-state index in [2.05, 4.69) is 10.6 Å². The lowest BCUT2D eigenvalue weighted by molar-refractivity contribution is -0.317. The lowest BCUT2D eigenvalue weighted by Gasteiger charge is -2.49. The highest BCUT2D eigenvalue weighted by Crippen LogP contribution is 2.42. The van der Waals surface area contributed by atoms with Gasteiger partial charge in [0.15, 0.2) is 30.4 Å². The zero-order valence-electron chi connectivity index (χ0n) is 45.3. The molecule has 0 radical (unpaired) electrons. The number of alkyl carbamates (subject to hydrolysis) is 1. The molecule has 4 heterocycles. The SMILES string of the molecule is CC[C@H]1OC(=O)[C@H](C)[C@@H](O[C@H]2C[C@@](C)(OC)[C@@H](OC(=O)NCCCCNC(=O)c3ccc(OC)cc3)[C@H](C)O2)[C@H](C)[C@@H](O[C@@H]2O[C@H](C)C[C@H](N(C)C)[C@H]2O)[C@](C)(O)C[C@@H](C)CN(C)[C@H](C)[C@H]2OC(=O)O[C@@]21C. The maximum absolute atomic E-state index is 14.8. The van der Waals surface area contributed by atoms with Gasteiger partial charge in [-0.05, 0) is 132 Å². The molecule has 4 N–H and O–H groups in total. The Morgan fingerprint density at radius 2 is 1.56 bits per heavy atom. The lowest BCUT2D eigenvalue weighted by Crippen LogP contribution is -2.61. The largest absolute Gasteiger partial charge is 0.509 e. The van der Waals surface area contributed by atoms with Crippen LogP contribution in [0.5, 0.6) is 5.75 Å². The number of aliphatic hydroxyl groups excluding tert-OH is 1. The summed E-state index contributed by atoms with van der Waals surface area (Å²) in [5, 5.41) is 30.2. The average Bonchev–Trinajstić information content (AvgIpc) is 3.64. The third-order valence-electron chi connectivity index (χ3n) is 15.4. The van der Waals surface area contributed by atoms with E-state index in [9.17, 15) is 29.4 Å². The van der Waals surface area contributed by atoms with Crippen LogP contribution < -0.4 is 15.4 Å². The number of nitrogens with zero attached hydrogens (tertiary/aromatic N) is 2. The first-order valence-corrected chi connectivity index (χ1v) is 25.7. The number of aliphatic hydroxyl groups is 2. The molecule has 18 atom stereocenters. The van der Waals surface area contributed by atoms with E-state index < -0.39 is 108 Å². The summed E-state index contributed by atoms with van der Waals surface area (Å²) in [7, 11) is 8.73. The molecule has 1 aromatic rings. The summed E-state index contributed by atoms with van der Waals surface area (Å²) < 4.78 is 61.9. The molecule has 20 heteroatoms. The van der Waals surface area contributed by atoms with Crippen molar-refractivity contribution in [2.45, 2.75) is 198 Å². The predicted molar refractivity (Wildman–Crippen MR) is 264 cm³/mol. The Bertz CT molecular complexity index is 1940. The summed E-state index contributed by atoms with van der Waals surface area (Å²) in [5.74, 6) is -2.27. The number of fused-ring (bicyclic) bond motifs is 1. The van der Waals surface area contributed by atoms with Gasteiger partial charge in [-0.1, -0.05) is 20.8 Å². The molecule has 1 aromatic carbocycles. The number of unbranched alkanes of at least 4 members (excludes halogenated alkanes) is 1. The van der Waals surface area contributed by atoms with Crippen LogP contribution in [-0.4, -0.2) is 189 Å². The molecule has 0 unspecified atom stereocenters. The fourth-order valence-corrected chi connectivity index (χ4v) is 11.2. The van der Waals surface area contributed by atoms with Gasteiger partial charge in [-0.25, -0.2) is 9.59 Å². The topological polar surface area (TPSA) is 232 Å². The number of carbonyl (C=O) groups excluding carboxylic acids is 4. The number of likely N-dealkylation sites (N-methyl/N-ethyl adjacent to an activating group) is 2. The van der Waals surface area contributed by atoms with Crippen LogP contribution >= 0.6 is 0 Å². The molecule has 4 aliphatic rings. The van der Waals surface area contributed by atoms with E-state index >= 15 is 0 Å². The third kappa shape index (κ3) is 14.1. The summed E-state index contributed by atoms with van der Waals surface area (Å²) >= 11 is 0. The number of rotatable bonds is 15. The second-order valence-electron chi connectivity index (χ2n) is 21.6. The van der Waals surface area contributed by atoms with Crippen LogP contribution in [0.1, 0.15) is 118 Å². The Balaban J connectivity index is 1.39. The van der Waals surface area contributed by atoms with Gasteiger partial charge in [-0.3, -0.25) is 14.5 Å². The number of hydrogen-bond acceptors (Lipinski definition) is 18. The van der Waals surface area contributed by atoms with E-state index in [-0.39, 0.29) is 49.8 Å². The molecule has 72 heavy (non-hydrogen) atoms. The van der Waals surface area contributed by atoms with Crippen LogP contribution in [0.2, 0.25) is 0 Å². The van der Waals surface area contributed by atoms with Crippen molar-refractivity contribution < 1.29 is 76.8 Å². The van der Waals surface area contributed by atoms with E-state index in [1.165, 1.54) is 7.11 Å². The zero-order valence-corrected chi connectivity index (χ0v) is 45.3. The minimum absolute atomic E-state index is 0.0466. The van der Waals surface area contributed by atoms with Gasteiger partial charge in [0.25, 0.3) is 5.91 Å². The monoisotopic (exact) mass is 1020 g/mol. The van der Waals surface area contributed by atoms with Crippen molar-refractivity contribution >= 4 is 24.1 Å². The van der Waals surface area contributed by atoms with Gasteiger partial charge in [-0.2, -0.15) is 0 Å². The molecule has 20 nitrogen and oxygen atoms in total. The van der Waals surface area contributed by atoms with Gasteiger partial charge in [0.1, 0.15) is 23.6 Å². The maximum atomic E-state index is 14.8. The fourth-order valence-electron chi connectivity index (χ4n) is 11.2. The number of esters is 1. The lowest BCUT2D eigenvalue weighted by atomic mass is 9.77. The quantitative estimate of drug-likeness (QED) is 0.102.